The van der Waals surface area contributed by atoms with Crippen LogP contribution < -0.4 is 0 Å². The van der Waals surface area contributed by atoms with Crippen LogP contribution in [0.3, 0.4) is 0 Å². The Hall–Kier alpha value is -0.710. The fourth-order valence-electron chi connectivity index (χ4n) is 5.02. The lowest BCUT2D eigenvalue weighted by Gasteiger charge is -2.37. The Kier molecular flexibility index (Phi) is 20.9. The van der Waals surface area contributed by atoms with Crippen molar-refractivity contribution in [3.63, 3.8) is 0 Å². The van der Waals surface area contributed by atoms with E-state index in [0.717, 1.165) is 38.5 Å². The summed E-state index contributed by atoms with van der Waals surface area (Å²) in [5, 5.41) is 20.4. The first-order valence-corrected chi connectivity index (χ1v) is 15.8. The Labute approximate surface area is 221 Å². The van der Waals surface area contributed by atoms with Crippen molar-refractivity contribution >= 4 is 23.7 Å². The van der Waals surface area contributed by atoms with Crippen molar-refractivity contribution in [3.05, 3.63) is 0 Å². The zero-order chi connectivity index (χ0) is 26.4. The lowest BCUT2D eigenvalue weighted by molar-refractivity contribution is -0.140. The Morgan fingerprint density at radius 3 is 0.971 bits per heavy atom. The van der Waals surface area contributed by atoms with Crippen LogP contribution in [-0.4, -0.2) is 31.6 Å². The molecule has 208 valence electrons. The summed E-state index contributed by atoms with van der Waals surface area (Å²) in [6.45, 7) is 8.29. The predicted octanol–water partition coefficient (Wildman–Crippen LogP) is 10.0. The van der Waals surface area contributed by atoms with Gasteiger partial charge in [0.1, 0.15) is 9.49 Å². The molecule has 0 fully saturated rings. The number of carboxylic acids is 2. The highest BCUT2D eigenvalue weighted by Gasteiger charge is 2.48. The van der Waals surface area contributed by atoms with E-state index in [0.29, 0.717) is 25.7 Å². The maximum absolute atomic E-state index is 12.4. The quantitative estimate of drug-likeness (QED) is 0.112. The molecule has 5 heteroatoms. The zero-order valence-electron chi connectivity index (χ0n) is 23.7. The number of carbonyl (C=O) groups is 2. The van der Waals surface area contributed by atoms with Gasteiger partial charge in [-0.3, -0.25) is 9.59 Å². The molecule has 2 unspecified atom stereocenters. The van der Waals surface area contributed by atoms with Crippen LogP contribution in [-0.2, 0) is 9.59 Å². The molecule has 2 atom stereocenters. The molecule has 0 aromatic rings. The topological polar surface area (TPSA) is 74.6 Å². The third-order valence-electron chi connectivity index (χ3n) is 7.68. The standard InChI is InChI=1S/C30H58O4S/c1-5-9-11-13-15-17-19-21-23-25-29(7-3,27(31)32)35-30(8-4,28(33)34)26-24-22-20-18-16-14-12-10-6-2/h5-26H2,1-4H3,(H,31,32)(H,33,34). The highest BCUT2D eigenvalue weighted by molar-refractivity contribution is 8.03. The molecule has 0 amide bonds. The van der Waals surface area contributed by atoms with Gasteiger partial charge >= 0.3 is 11.9 Å². The molecule has 0 aromatic carbocycles. The second kappa shape index (κ2) is 21.4. The maximum atomic E-state index is 12.4. The van der Waals surface area contributed by atoms with E-state index < -0.39 is 21.4 Å². The molecule has 35 heavy (non-hydrogen) atoms. The number of carboxylic acid groups (broad SMARTS) is 2. The second-order valence-electron chi connectivity index (χ2n) is 10.6. The fourth-order valence-corrected chi connectivity index (χ4v) is 6.72. The molecule has 0 heterocycles. The fraction of sp³-hybridized carbons (Fsp3) is 0.933. The van der Waals surface area contributed by atoms with Gasteiger partial charge in [-0.15, -0.1) is 11.8 Å². The third-order valence-corrected chi connectivity index (χ3v) is 9.80. The minimum Gasteiger partial charge on any atom is -0.480 e. The largest absolute Gasteiger partial charge is 0.480 e. The van der Waals surface area contributed by atoms with E-state index in [1.165, 1.54) is 88.8 Å². The molecule has 0 saturated heterocycles. The van der Waals surface area contributed by atoms with Gasteiger partial charge in [-0.05, 0) is 25.7 Å². The molecule has 0 spiro atoms. The van der Waals surface area contributed by atoms with Crippen LogP contribution >= 0.6 is 11.8 Å². The van der Waals surface area contributed by atoms with Crippen molar-refractivity contribution in [1.82, 2.24) is 0 Å². The minimum atomic E-state index is -1.01. The molecule has 4 nitrogen and oxygen atoms in total. The lowest BCUT2D eigenvalue weighted by Crippen LogP contribution is -2.45. The molecule has 0 saturated carbocycles. The van der Waals surface area contributed by atoms with Gasteiger partial charge in [0.2, 0.25) is 0 Å². The number of unbranched alkanes of at least 4 members (excludes halogenated alkanes) is 16. The van der Waals surface area contributed by atoms with Crippen LogP contribution in [0, 0.1) is 0 Å². The molecular formula is C30H58O4S. The number of hydrogen-bond donors (Lipinski definition) is 2. The molecule has 0 aliphatic rings. The summed E-state index contributed by atoms with van der Waals surface area (Å²) in [7, 11) is 0. The van der Waals surface area contributed by atoms with Crippen LogP contribution in [0.4, 0.5) is 0 Å². The SMILES string of the molecule is CCCCCCCCCCCC(CC)(SC(CC)(CCCCCCCCCCC)C(=O)O)C(=O)O. The Morgan fingerprint density at radius 2 is 0.743 bits per heavy atom. The third kappa shape index (κ3) is 14.6. The number of hydrogen-bond acceptors (Lipinski definition) is 3. The molecule has 0 bridgehead atoms. The van der Waals surface area contributed by atoms with E-state index in [1.54, 1.807) is 0 Å². The average Bonchev–Trinajstić information content (AvgIpc) is 2.84. The summed E-state index contributed by atoms with van der Waals surface area (Å²) in [4.78, 5) is 24.9. The van der Waals surface area contributed by atoms with Crippen molar-refractivity contribution < 1.29 is 19.8 Å². The molecule has 0 aliphatic carbocycles. The highest BCUT2D eigenvalue weighted by Crippen LogP contribution is 2.47. The van der Waals surface area contributed by atoms with Gasteiger partial charge in [0.05, 0.1) is 0 Å². The molecule has 0 radical (unpaired) electrons. The summed E-state index contributed by atoms with van der Waals surface area (Å²) in [5.41, 5.74) is 0. The average molecular weight is 515 g/mol. The van der Waals surface area contributed by atoms with Gasteiger partial charge in [0.25, 0.3) is 0 Å². The van der Waals surface area contributed by atoms with E-state index >= 15 is 0 Å². The van der Waals surface area contributed by atoms with Gasteiger partial charge < -0.3 is 10.2 Å². The number of rotatable bonds is 26. The Bertz CT molecular complexity index is 492. The number of thioether (sulfide) groups is 1. The monoisotopic (exact) mass is 514 g/mol. The first-order chi connectivity index (χ1) is 16.8. The minimum absolute atomic E-state index is 0.469. The predicted molar refractivity (Wildman–Crippen MR) is 153 cm³/mol. The summed E-state index contributed by atoms with van der Waals surface area (Å²) < 4.78 is -2.01. The summed E-state index contributed by atoms with van der Waals surface area (Å²) >= 11 is 1.26. The van der Waals surface area contributed by atoms with Crippen LogP contribution in [0.2, 0.25) is 0 Å². The zero-order valence-corrected chi connectivity index (χ0v) is 24.5. The van der Waals surface area contributed by atoms with Crippen LogP contribution in [0.25, 0.3) is 0 Å². The van der Waals surface area contributed by atoms with Crippen molar-refractivity contribution in [2.75, 3.05) is 0 Å². The summed E-state index contributed by atoms with van der Waals surface area (Å²) in [5.74, 6) is -1.67. The lowest BCUT2D eigenvalue weighted by atomic mass is 9.95. The van der Waals surface area contributed by atoms with Crippen molar-refractivity contribution in [2.45, 2.75) is 178 Å². The van der Waals surface area contributed by atoms with E-state index in [1.807, 2.05) is 13.8 Å². The molecule has 0 aliphatic heterocycles. The normalized spacial score (nSPS) is 15.0. The van der Waals surface area contributed by atoms with Gasteiger partial charge in [0, 0.05) is 0 Å². The van der Waals surface area contributed by atoms with Gasteiger partial charge in [-0.25, -0.2) is 0 Å². The van der Waals surface area contributed by atoms with E-state index in [2.05, 4.69) is 13.8 Å². The van der Waals surface area contributed by atoms with E-state index in [-0.39, 0.29) is 0 Å². The molecule has 0 rings (SSSR count). The van der Waals surface area contributed by atoms with Gasteiger partial charge in [0.15, 0.2) is 0 Å². The molecule has 0 aromatic heterocycles. The second-order valence-corrected chi connectivity index (χ2v) is 12.3. The van der Waals surface area contributed by atoms with Crippen LogP contribution in [0.1, 0.15) is 169 Å². The first kappa shape index (κ1) is 34.3. The van der Waals surface area contributed by atoms with E-state index in [4.69, 9.17) is 0 Å². The van der Waals surface area contributed by atoms with Crippen LogP contribution in [0.5, 0.6) is 0 Å². The summed E-state index contributed by atoms with van der Waals surface area (Å²) in [6, 6.07) is 0. The van der Waals surface area contributed by atoms with Gasteiger partial charge in [-0.2, -0.15) is 0 Å². The molecular weight excluding hydrogens is 456 g/mol. The Morgan fingerprint density at radius 1 is 0.486 bits per heavy atom. The Balaban J connectivity index is 4.74. The number of aliphatic carboxylic acids is 2. The van der Waals surface area contributed by atoms with Crippen molar-refractivity contribution in [1.29, 1.82) is 0 Å². The smallest absolute Gasteiger partial charge is 0.319 e. The maximum Gasteiger partial charge on any atom is 0.319 e. The molecule has 2 N–H and O–H groups in total. The van der Waals surface area contributed by atoms with Crippen molar-refractivity contribution in [2.24, 2.45) is 0 Å². The highest BCUT2D eigenvalue weighted by atomic mass is 32.2. The first-order valence-electron chi connectivity index (χ1n) is 15.0. The summed E-state index contributed by atoms with van der Waals surface area (Å²) in [6.07, 6.45) is 23.5. The van der Waals surface area contributed by atoms with Crippen LogP contribution in [0.15, 0.2) is 0 Å². The van der Waals surface area contributed by atoms with E-state index in [9.17, 15) is 19.8 Å². The van der Waals surface area contributed by atoms with Gasteiger partial charge in [-0.1, -0.05) is 143 Å². The van der Waals surface area contributed by atoms with Crippen molar-refractivity contribution in [3.8, 4) is 0 Å².